The van der Waals surface area contributed by atoms with Crippen LogP contribution in [0.3, 0.4) is 0 Å². The van der Waals surface area contributed by atoms with Crippen LogP contribution in [0.5, 0.6) is 0 Å². The van der Waals surface area contributed by atoms with Crippen LogP contribution in [0.2, 0.25) is 0 Å². The van der Waals surface area contributed by atoms with Crippen molar-refractivity contribution < 1.29 is 0 Å². The minimum atomic E-state index is 1.19. The Bertz CT molecular complexity index is 132. The quantitative estimate of drug-likeness (QED) is 0.589. The van der Waals surface area contributed by atoms with E-state index in [1.165, 1.54) is 44.5 Å². The van der Waals surface area contributed by atoms with Gasteiger partial charge in [0, 0.05) is 18.8 Å². The first-order valence-corrected chi connectivity index (χ1v) is 4.78. The first-order valence-electron chi connectivity index (χ1n) is 4.78. The summed E-state index contributed by atoms with van der Waals surface area (Å²) in [5.74, 6) is 0. The summed E-state index contributed by atoms with van der Waals surface area (Å²) in [4.78, 5) is 2.53. The van der Waals surface area contributed by atoms with Gasteiger partial charge in [0.05, 0.1) is 0 Å². The van der Waals surface area contributed by atoms with Crippen molar-refractivity contribution in [3.8, 4) is 0 Å². The number of rotatable bonds is 2. The second kappa shape index (κ2) is 4.42. The maximum Gasteiger partial charge on any atom is 0.0174 e. The van der Waals surface area contributed by atoms with Crippen molar-refractivity contribution in [2.75, 3.05) is 13.1 Å². The summed E-state index contributed by atoms with van der Waals surface area (Å²) < 4.78 is 0. The van der Waals surface area contributed by atoms with Gasteiger partial charge in [0.25, 0.3) is 0 Å². The third-order valence-corrected chi connectivity index (χ3v) is 2.46. The molecule has 0 aromatic carbocycles. The Hall–Kier alpha value is -0.460. The van der Waals surface area contributed by atoms with Crippen molar-refractivity contribution in [2.45, 2.75) is 39.5 Å². The first-order chi connectivity index (χ1) is 5.38. The predicted octanol–water partition coefficient (Wildman–Crippen LogP) is 2.79. The van der Waals surface area contributed by atoms with Crippen molar-refractivity contribution in [1.82, 2.24) is 4.90 Å². The van der Waals surface area contributed by atoms with E-state index < -0.39 is 0 Å². The Labute approximate surface area is 70.1 Å². The first kappa shape index (κ1) is 8.63. The van der Waals surface area contributed by atoms with Crippen molar-refractivity contribution in [2.24, 2.45) is 0 Å². The summed E-state index contributed by atoms with van der Waals surface area (Å²) in [6.45, 7) is 6.96. The normalized spacial score (nSPS) is 20.5. The standard InChI is InChI=1S/C10H19N/c1-3-10(4-2)11-8-6-5-7-9-11/h3H,4-9H2,1-2H3/b10-3-. The van der Waals surface area contributed by atoms with Gasteiger partial charge >= 0.3 is 0 Å². The molecule has 0 amide bonds. The monoisotopic (exact) mass is 153 g/mol. The molecule has 0 radical (unpaired) electrons. The zero-order chi connectivity index (χ0) is 8.10. The third-order valence-electron chi connectivity index (χ3n) is 2.46. The number of piperidine rings is 1. The van der Waals surface area contributed by atoms with Crippen LogP contribution >= 0.6 is 0 Å². The molecule has 0 atom stereocenters. The molecule has 1 aliphatic rings. The van der Waals surface area contributed by atoms with Crippen LogP contribution in [0.15, 0.2) is 11.8 Å². The van der Waals surface area contributed by atoms with Crippen LogP contribution < -0.4 is 0 Å². The molecule has 0 aliphatic carbocycles. The number of hydrogen-bond acceptors (Lipinski definition) is 1. The maximum absolute atomic E-state index is 2.53. The molecule has 1 fully saturated rings. The molecule has 0 N–H and O–H groups in total. The van der Waals surface area contributed by atoms with Gasteiger partial charge in [-0.15, -0.1) is 0 Å². The lowest BCUT2D eigenvalue weighted by Crippen LogP contribution is -2.28. The lowest BCUT2D eigenvalue weighted by Gasteiger charge is -2.30. The molecule has 1 nitrogen and oxygen atoms in total. The highest BCUT2D eigenvalue weighted by Gasteiger charge is 2.10. The van der Waals surface area contributed by atoms with Gasteiger partial charge in [0.1, 0.15) is 0 Å². The van der Waals surface area contributed by atoms with Gasteiger partial charge in [-0.3, -0.25) is 0 Å². The molecule has 1 heterocycles. The van der Waals surface area contributed by atoms with E-state index in [2.05, 4.69) is 24.8 Å². The molecule has 0 aromatic rings. The Kier molecular flexibility index (Phi) is 3.47. The second-order valence-electron chi connectivity index (χ2n) is 3.18. The molecule has 64 valence electrons. The zero-order valence-corrected chi connectivity index (χ0v) is 7.77. The van der Waals surface area contributed by atoms with Crippen LogP contribution in [0.25, 0.3) is 0 Å². The van der Waals surface area contributed by atoms with Crippen LogP contribution in [-0.4, -0.2) is 18.0 Å². The maximum atomic E-state index is 2.53. The fraction of sp³-hybridized carbons (Fsp3) is 0.800. The fourth-order valence-corrected chi connectivity index (χ4v) is 1.79. The van der Waals surface area contributed by atoms with Gasteiger partial charge in [-0.25, -0.2) is 0 Å². The molecular weight excluding hydrogens is 134 g/mol. The average molecular weight is 153 g/mol. The van der Waals surface area contributed by atoms with Gasteiger partial charge in [-0.05, 0) is 32.6 Å². The highest BCUT2D eigenvalue weighted by Crippen LogP contribution is 2.16. The molecular formula is C10H19N. The largest absolute Gasteiger partial charge is 0.375 e. The summed E-state index contributed by atoms with van der Waals surface area (Å²) in [6, 6.07) is 0. The van der Waals surface area contributed by atoms with E-state index in [9.17, 15) is 0 Å². The molecule has 0 unspecified atom stereocenters. The molecule has 1 rings (SSSR count). The summed E-state index contributed by atoms with van der Waals surface area (Å²) in [5.41, 5.74) is 1.53. The molecule has 11 heavy (non-hydrogen) atoms. The van der Waals surface area contributed by atoms with Crippen molar-refractivity contribution in [3.63, 3.8) is 0 Å². The van der Waals surface area contributed by atoms with Gasteiger partial charge < -0.3 is 4.90 Å². The minimum absolute atomic E-state index is 1.19. The Balaban J connectivity index is 2.43. The van der Waals surface area contributed by atoms with Crippen molar-refractivity contribution in [3.05, 3.63) is 11.8 Å². The molecule has 0 saturated carbocycles. The molecule has 0 bridgehead atoms. The zero-order valence-electron chi connectivity index (χ0n) is 7.77. The third kappa shape index (κ3) is 2.25. The van der Waals surface area contributed by atoms with Crippen LogP contribution in [0, 0.1) is 0 Å². The Morgan fingerprint density at radius 3 is 2.36 bits per heavy atom. The lowest BCUT2D eigenvalue weighted by molar-refractivity contribution is 0.278. The molecule has 1 saturated heterocycles. The highest BCUT2D eigenvalue weighted by molar-refractivity contribution is 4.99. The number of hydrogen-bond donors (Lipinski definition) is 0. The Morgan fingerprint density at radius 1 is 1.27 bits per heavy atom. The number of nitrogens with zero attached hydrogens (tertiary/aromatic N) is 1. The van der Waals surface area contributed by atoms with E-state index in [4.69, 9.17) is 0 Å². The lowest BCUT2D eigenvalue weighted by atomic mass is 10.1. The number of allylic oxidation sites excluding steroid dienone is 2. The molecule has 1 heteroatoms. The van der Waals surface area contributed by atoms with E-state index in [1.807, 2.05) is 0 Å². The van der Waals surface area contributed by atoms with Crippen molar-refractivity contribution >= 4 is 0 Å². The second-order valence-corrected chi connectivity index (χ2v) is 3.18. The van der Waals surface area contributed by atoms with E-state index in [0.717, 1.165) is 0 Å². The molecule has 0 spiro atoms. The SMILES string of the molecule is C/C=C(/CC)N1CCCCC1. The summed E-state index contributed by atoms with van der Waals surface area (Å²) >= 11 is 0. The van der Waals surface area contributed by atoms with Crippen LogP contribution in [0.4, 0.5) is 0 Å². The van der Waals surface area contributed by atoms with E-state index >= 15 is 0 Å². The number of likely N-dealkylation sites (tertiary alicyclic amines) is 1. The summed E-state index contributed by atoms with van der Waals surface area (Å²) in [6.07, 6.45) is 7.65. The van der Waals surface area contributed by atoms with Gasteiger partial charge in [-0.2, -0.15) is 0 Å². The highest BCUT2D eigenvalue weighted by atomic mass is 15.1. The average Bonchev–Trinajstić information content (AvgIpc) is 2.09. The topological polar surface area (TPSA) is 3.24 Å². The smallest absolute Gasteiger partial charge is 0.0174 e. The van der Waals surface area contributed by atoms with E-state index in [0.29, 0.717) is 0 Å². The van der Waals surface area contributed by atoms with Crippen LogP contribution in [0.1, 0.15) is 39.5 Å². The molecule has 0 aromatic heterocycles. The van der Waals surface area contributed by atoms with E-state index in [1.54, 1.807) is 0 Å². The van der Waals surface area contributed by atoms with Crippen molar-refractivity contribution in [1.29, 1.82) is 0 Å². The van der Waals surface area contributed by atoms with Gasteiger partial charge in [0.2, 0.25) is 0 Å². The summed E-state index contributed by atoms with van der Waals surface area (Å²) in [7, 11) is 0. The fourth-order valence-electron chi connectivity index (χ4n) is 1.79. The van der Waals surface area contributed by atoms with E-state index in [-0.39, 0.29) is 0 Å². The summed E-state index contributed by atoms with van der Waals surface area (Å²) in [5, 5.41) is 0. The Morgan fingerprint density at radius 2 is 1.91 bits per heavy atom. The van der Waals surface area contributed by atoms with Gasteiger partial charge in [0.15, 0.2) is 0 Å². The molecule has 1 aliphatic heterocycles. The van der Waals surface area contributed by atoms with Gasteiger partial charge in [-0.1, -0.05) is 13.0 Å². The predicted molar refractivity (Wildman–Crippen MR) is 49.5 cm³/mol. The minimum Gasteiger partial charge on any atom is -0.375 e. The van der Waals surface area contributed by atoms with Crippen LogP contribution in [-0.2, 0) is 0 Å².